The van der Waals surface area contributed by atoms with Crippen LogP contribution in [0.5, 0.6) is 5.75 Å². The maximum atomic E-state index is 13.5. The van der Waals surface area contributed by atoms with Gasteiger partial charge in [-0.1, -0.05) is 52.7 Å². The molecule has 5 rings (SSSR count). The lowest BCUT2D eigenvalue weighted by molar-refractivity contribution is -0.132. The lowest BCUT2D eigenvalue weighted by Gasteiger charge is -2.30. The van der Waals surface area contributed by atoms with Gasteiger partial charge in [0, 0.05) is 35.9 Å². The molecule has 2 fully saturated rings. The van der Waals surface area contributed by atoms with Crippen LogP contribution in [0.2, 0.25) is 0 Å². The van der Waals surface area contributed by atoms with Gasteiger partial charge in [0.2, 0.25) is 11.9 Å². The SMILES string of the molecule is COc1ccccc1CC(=O)N1CCCC[C@@H]2CN(c3ncc(C(=O)O)c(CCc4cccc(Br)c4)n3)C[C@@H]21. The summed E-state index contributed by atoms with van der Waals surface area (Å²) in [6.45, 7) is 2.13. The fraction of sp³-hybridized carbons (Fsp3) is 0.400. The maximum absolute atomic E-state index is 13.5. The Hall–Kier alpha value is -3.46. The molecule has 1 amide bonds. The van der Waals surface area contributed by atoms with Gasteiger partial charge in [-0.3, -0.25) is 4.79 Å². The molecule has 0 saturated carbocycles. The average molecular weight is 594 g/mol. The summed E-state index contributed by atoms with van der Waals surface area (Å²) in [5.74, 6) is 0.671. The number of aromatic nitrogens is 2. The van der Waals surface area contributed by atoms with Crippen molar-refractivity contribution in [3.05, 3.63) is 81.6 Å². The van der Waals surface area contributed by atoms with Gasteiger partial charge < -0.3 is 19.6 Å². The van der Waals surface area contributed by atoms with Gasteiger partial charge in [0.1, 0.15) is 5.75 Å². The second-order valence-corrected chi connectivity index (χ2v) is 11.2. The second kappa shape index (κ2) is 12.2. The number of fused-ring (bicyclic) bond motifs is 1. The number of amides is 1. The molecule has 2 aliphatic heterocycles. The molecule has 9 heteroatoms. The number of para-hydroxylation sites is 1. The van der Waals surface area contributed by atoms with Crippen LogP contribution in [0.4, 0.5) is 5.95 Å². The topological polar surface area (TPSA) is 95.9 Å². The summed E-state index contributed by atoms with van der Waals surface area (Å²) in [4.78, 5) is 38.9. The molecule has 1 aromatic heterocycles. The number of hydrogen-bond acceptors (Lipinski definition) is 6. The summed E-state index contributed by atoms with van der Waals surface area (Å²) < 4.78 is 6.46. The molecule has 0 spiro atoms. The first-order chi connectivity index (χ1) is 18.9. The zero-order chi connectivity index (χ0) is 27.4. The molecule has 2 aromatic carbocycles. The number of carboxylic acids is 1. The molecule has 3 aromatic rings. The highest BCUT2D eigenvalue weighted by molar-refractivity contribution is 9.10. The third-order valence-electron chi connectivity index (χ3n) is 7.79. The van der Waals surface area contributed by atoms with Crippen molar-refractivity contribution in [1.29, 1.82) is 0 Å². The van der Waals surface area contributed by atoms with Crippen molar-refractivity contribution in [3.63, 3.8) is 0 Å². The summed E-state index contributed by atoms with van der Waals surface area (Å²) in [7, 11) is 1.63. The van der Waals surface area contributed by atoms with E-state index >= 15 is 0 Å². The summed E-state index contributed by atoms with van der Waals surface area (Å²) in [6, 6.07) is 15.7. The average Bonchev–Trinajstić information content (AvgIpc) is 3.25. The van der Waals surface area contributed by atoms with Crippen LogP contribution in [0.25, 0.3) is 0 Å². The number of likely N-dealkylation sites (tertiary alicyclic amines) is 1. The normalized spacial score (nSPS) is 18.9. The van der Waals surface area contributed by atoms with E-state index < -0.39 is 5.97 Å². The van der Waals surface area contributed by atoms with Crippen molar-refractivity contribution in [2.24, 2.45) is 5.92 Å². The van der Waals surface area contributed by atoms with Gasteiger partial charge in [0.05, 0.1) is 30.8 Å². The first-order valence-electron chi connectivity index (χ1n) is 13.4. The number of nitrogens with zero attached hydrogens (tertiary/aromatic N) is 4. The van der Waals surface area contributed by atoms with Crippen molar-refractivity contribution in [3.8, 4) is 5.75 Å². The van der Waals surface area contributed by atoms with Crippen molar-refractivity contribution in [1.82, 2.24) is 14.9 Å². The van der Waals surface area contributed by atoms with Gasteiger partial charge in [0.15, 0.2) is 0 Å². The number of rotatable bonds is 8. The van der Waals surface area contributed by atoms with Crippen LogP contribution in [0.1, 0.15) is 46.4 Å². The fourth-order valence-corrected chi connectivity index (χ4v) is 6.26. The van der Waals surface area contributed by atoms with Crippen molar-refractivity contribution < 1.29 is 19.4 Å². The standard InChI is InChI=1S/C30H33BrN4O4/c1-39-27-11-3-2-8-21(27)16-28(36)35-14-5-4-9-22-18-34(19-26(22)35)30-32-17-24(29(37)38)25(33-30)13-12-20-7-6-10-23(31)15-20/h2-3,6-8,10-11,15,17,22,26H,4-5,9,12-14,16,18-19H2,1H3,(H,37,38)/t22-,26+/m1/s1. The van der Waals surface area contributed by atoms with E-state index in [4.69, 9.17) is 9.72 Å². The van der Waals surface area contributed by atoms with Crippen LogP contribution in [0.3, 0.4) is 0 Å². The summed E-state index contributed by atoms with van der Waals surface area (Å²) >= 11 is 3.50. The third-order valence-corrected chi connectivity index (χ3v) is 8.29. The molecule has 2 atom stereocenters. The number of halogens is 1. The maximum Gasteiger partial charge on any atom is 0.339 e. The number of benzene rings is 2. The van der Waals surface area contributed by atoms with Crippen LogP contribution in [0, 0.1) is 5.92 Å². The number of ether oxygens (including phenoxy) is 1. The van der Waals surface area contributed by atoms with E-state index in [1.165, 1.54) is 6.20 Å². The smallest absolute Gasteiger partial charge is 0.339 e. The van der Waals surface area contributed by atoms with E-state index in [2.05, 4.69) is 25.8 Å². The van der Waals surface area contributed by atoms with Crippen LogP contribution in [0.15, 0.2) is 59.2 Å². The van der Waals surface area contributed by atoms with Crippen LogP contribution >= 0.6 is 15.9 Å². The Morgan fingerprint density at radius 2 is 1.95 bits per heavy atom. The first-order valence-corrected chi connectivity index (χ1v) is 14.2. The Morgan fingerprint density at radius 3 is 2.74 bits per heavy atom. The lowest BCUT2D eigenvalue weighted by atomic mass is 9.98. The molecule has 8 nitrogen and oxygen atoms in total. The fourth-order valence-electron chi connectivity index (χ4n) is 5.82. The monoisotopic (exact) mass is 592 g/mol. The Bertz CT molecular complexity index is 1350. The Labute approximate surface area is 237 Å². The van der Waals surface area contributed by atoms with E-state index in [9.17, 15) is 14.7 Å². The molecular weight excluding hydrogens is 560 g/mol. The summed E-state index contributed by atoms with van der Waals surface area (Å²) in [6.07, 6.45) is 6.02. The molecule has 204 valence electrons. The lowest BCUT2D eigenvalue weighted by Crippen LogP contribution is -2.45. The van der Waals surface area contributed by atoms with Gasteiger partial charge in [-0.05, 0) is 55.4 Å². The Balaban J connectivity index is 1.34. The van der Waals surface area contributed by atoms with Gasteiger partial charge in [-0.25, -0.2) is 14.8 Å². The molecule has 0 unspecified atom stereocenters. The quantitative estimate of drug-likeness (QED) is 0.401. The van der Waals surface area contributed by atoms with Crippen LogP contribution in [-0.2, 0) is 24.1 Å². The summed E-state index contributed by atoms with van der Waals surface area (Å²) in [5, 5.41) is 9.76. The zero-order valence-corrected chi connectivity index (χ0v) is 23.6. The van der Waals surface area contributed by atoms with E-state index in [1.807, 2.05) is 53.4 Å². The predicted molar refractivity (Wildman–Crippen MR) is 152 cm³/mol. The number of carbonyl (C=O) groups is 2. The zero-order valence-electron chi connectivity index (χ0n) is 22.1. The van der Waals surface area contributed by atoms with Crippen LogP contribution < -0.4 is 9.64 Å². The predicted octanol–water partition coefficient (Wildman–Crippen LogP) is 4.79. The van der Waals surface area contributed by atoms with Crippen LogP contribution in [-0.4, -0.2) is 64.6 Å². The van der Waals surface area contributed by atoms with Gasteiger partial charge >= 0.3 is 5.97 Å². The number of aromatic carboxylic acids is 1. The summed E-state index contributed by atoms with van der Waals surface area (Å²) in [5.41, 5.74) is 2.66. The number of hydrogen-bond donors (Lipinski definition) is 1. The molecular formula is C30H33BrN4O4. The number of methoxy groups -OCH3 is 1. The van der Waals surface area contributed by atoms with E-state index in [-0.39, 0.29) is 17.5 Å². The van der Waals surface area contributed by atoms with Gasteiger partial charge in [0.25, 0.3) is 0 Å². The molecule has 1 N–H and O–H groups in total. The molecule has 39 heavy (non-hydrogen) atoms. The number of anilines is 1. The van der Waals surface area contributed by atoms with E-state index in [0.29, 0.717) is 43.4 Å². The number of carbonyl (C=O) groups excluding carboxylic acids is 1. The molecule has 3 heterocycles. The first kappa shape index (κ1) is 27.1. The molecule has 0 aliphatic carbocycles. The molecule has 0 radical (unpaired) electrons. The number of carboxylic acid groups (broad SMARTS) is 1. The highest BCUT2D eigenvalue weighted by Crippen LogP contribution is 2.33. The van der Waals surface area contributed by atoms with Gasteiger partial charge in [-0.2, -0.15) is 0 Å². The minimum absolute atomic E-state index is 0.0718. The van der Waals surface area contributed by atoms with Crippen molar-refractivity contribution in [2.45, 2.75) is 44.6 Å². The van der Waals surface area contributed by atoms with E-state index in [1.54, 1.807) is 7.11 Å². The van der Waals surface area contributed by atoms with Crippen molar-refractivity contribution >= 4 is 33.8 Å². The van der Waals surface area contributed by atoms with Crippen molar-refractivity contribution in [2.75, 3.05) is 31.6 Å². The van der Waals surface area contributed by atoms with E-state index in [0.717, 1.165) is 53.7 Å². The molecule has 0 bridgehead atoms. The molecule has 2 aliphatic rings. The minimum atomic E-state index is -1.02. The Kier molecular flexibility index (Phi) is 8.45. The largest absolute Gasteiger partial charge is 0.496 e. The second-order valence-electron chi connectivity index (χ2n) is 10.3. The minimum Gasteiger partial charge on any atom is -0.496 e. The Morgan fingerprint density at radius 1 is 1.10 bits per heavy atom. The third kappa shape index (κ3) is 6.24. The number of aryl methyl sites for hydroxylation is 2. The highest BCUT2D eigenvalue weighted by atomic mass is 79.9. The molecule has 2 saturated heterocycles. The van der Waals surface area contributed by atoms with Gasteiger partial charge in [-0.15, -0.1) is 0 Å². The highest BCUT2D eigenvalue weighted by Gasteiger charge is 2.40.